The van der Waals surface area contributed by atoms with Crippen LogP contribution in [0, 0.1) is 12.8 Å². The average Bonchev–Trinajstić information content (AvgIpc) is 2.37. The summed E-state index contributed by atoms with van der Waals surface area (Å²) in [4.78, 5) is 23.5. The molecule has 1 aromatic carbocycles. The first kappa shape index (κ1) is 14.2. The first-order valence-corrected chi connectivity index (χ1v) is 5.70. The van der Waals surface area contributed by atoms with Gasteiger partial charge in [-0.15, -0.1) is 0 Å². The molecule has 0 saturated carbocycles. The summed E-state index contributed by atoms with van der Waals surface area (Å²) in [7, 11) is 1.31. The van der Waals surface area contributed by atoms with Gasteiger partial charge in [-0.2, -0.15) is 0 Å². The fraction of sp³-hybridized carbons (Fsp3) is 0.385. The number of aryl methyl sites for hydroxylation is 1. The Hall–Kier alpha value is -1.88. The molecule has 1 rings (SSSR count). The Morgan fingerprint density at radius 2 is 2.11 bits per heavy atom. The van der Waals surface area contributed by atoms with Gasteiger partial charge in [0.1, 0.15) is 0 Å². The highest BCUT2D eigenvalue weighted by Gasteiger charge is 2.18. The van der Waals surface area contributed by atoms with Crippen LogP contribution in [0.15, 0.2) is 18.2 Å². The summed E-state index contributed by atoms with van der Waals surface area (Å²) in [6.07, 6.45) is 0. The third kappa shape index (κ3) is 3.07. The average molecular weight is 250 g/mol. The number of benzene rings is 1. The minimum Gasteiger partial charge on any atom is -0.465 e. The monoisotopic (exact) mass is 250 g/mol. The molecule has 1 aromatic rings. The van der Waals surface area contributed by atoms with E-state index >= 15 is 0 Å². The Labute approximate surface area is 106 Å². The van der Waals surface area contributed by atoms with Crippen molar-refractivity contribution in [1.29, 1.82) is 0 Å². The Morgan fingerprint density at radius 1 is 1.44 bits per heavy atom. The molecular formula is C13H18N2O3. The largest absolute Gasteiger partial charge is 0.465 e. The number of nitrogens with two attached hydrogens (primary N) is 1. The lowest BCUT2D eigenvalue weighted by molar-refractivity contribution is -0.119. The van der Waals surface area contributed by atoms with E-state index in [2.05, 4.69) is 5.32 Å². The standard InChI is InChI=1S/C13H18N2O3/c1-8-5-4-6-10(11(8)13(17)18-3)15-12(16)9(2)7-14/h4-6,9H,7,14H2,1-3H3,(H,15,16). The molecule has 1 atom stereocenters. The fourth-order valence-electron chi connectivity index (χ4n) is 1.51. The van der Waals surface area contributed by atoms with Gasteiger partial charge in [-0.3, -0.25) is 4.79 Å². The van der Waals surface area contributed by atoms with Crippen LogP contribution in [0.4, 0.5) is 5.69 Å². The summed E-state index contributed by atoms with van der Waals surface area (Å²) in [6, 6.07) is 5.22. The van der Waals surface area contributed by atoms with Crippen molar-refractivity contribution in [3.8, 4) is 0 Å². The molecule has 0 aliphatic carbocycles. The number of ether oxygens (including phenoxy) is 1. The topological polar surface area (TPSA) is 81.4 Å². The number of carbonyl (C=O) groups excluding carboxylic acids is 2. The molecule has 0 aliphatic rings. The van der Waals surface area contributed by atoms with Gasteiger partial charge in [0.15, 0.2) is 0 Å². The van der Waals surface area contributed by atoms with Crippen molar-refractivity contribution in [3.63, 3.8) is 0 Å². The number of amides is 1. The Balaban J connectivity index is 3.06. The van der Waals surface area contributed by atoms with E-state index in [0.717, 1.165) is 5.56 Å². The summed E-state index contributed by atoms with van der Waals surface area (Å²) in [5, 5.41) is 2.70. The Bertz CT molecular complexity index is 458. The smallest absolute Gasteiger partial charge is 0.340 e. The summed E-state index contributed by atoms with van der Waals surface area (Å²) >= 11 is 0. The molecule has 5 nitrogen and oxygen atoms in total. The first-order chi connectivity index (χ1) is 8.51. The van der Waals surface area contributed by atoms with E-state index < -0.39 is 5.97 Å². The molecule has 0 aliphatic heterocycles. The maximum absolute atomic E-state index is 11.8. The van der Waals surface area contributed by atoms with E-state index in [9.17, 15) is 9.59 Å². The number of nitrogens with one attached hydrogen (secondary N) is 1. The lowest BCUT2D eigenvalue weighted by Gasteiger charge is -2.14. The van der Waals surface area contributed by atoms with Crippen molar-refractivity contribution in [3.05, 3.63) is 29.3 Å². The summed E-state index contributed by atoms with van der Waals surface area (Å²) in [5.74, 6) is -0.993. The zero-order chi connectivity index (χ0) is 13.7. The molecule has 0 bridgehead atoms. The summed E-state index contributed by atoms with van der Waals surface area (Å²) < 4.78 is 4.71. The normalized spacial score (nSPS) is 11.8. The SMILES string of the molecule is COC(=O)c1c(C)cccc1NC(=O)C(C)CN. The molecule has 1 unspecified atom stereocenters. The predicted molar refractivity (Wildman–Crippen MR) is 69.4 cm³/mol. The lowest BCUT2D eigenvalue weighted by atomic mass is 10.1. The number of hydrogen-bond donors (Lipinski definition) is 2. The van der Waals surface area contributed by atoms with Gasteiger partial charge in [-0.05, 0) is 18.6 Å². The van der Waals surface area contributed by atoms with Crippen LogP contribution in [-0.4, -0.2) is 25.5 Å². The highest BCUT2D eigenvalue weighted by atomic mass is 16.5. The van der Waals surface area contributed by atoms with E-state index in [1.54, 1.807) is 32.0 Å². The van der Waals surface area contributed by atoms with E-state index in [0.29, 0.717) is 11.3 Å². The van der Waals surface area contributed by atoms with Crippen molar-refractivity contribution in [1.82, 2.24) is 0 Å². The second-order valence-corrected chi connectivity index (χ2v) is 4.12. The highest BCUT2D eigenvalue weighted by molar-refractivity contribution is 6.02. The molecule has 0 fully saturated rings. The van der Waals surface area contributed by atoms with Crippen molar-refractivity contribution < 1.29 is 14.3 Å². The lowest BCUT2D eigenvalue weighted by Crippen LogP contribution is -2.27. The molecule has 0 heterocycles. The minimum atomic E-state index is -0.469. The Morgan fingerprint density at radius 3 is 2.67 bits per heavy atom. The second-order valence-electron chi connectivity index (χ2n) is 4.12. The zero-order valence-corrected chi connectivity index (χ0v) is 10.8. The van der Waals surface area contributed by atoms with Crippen LogP contribution >= 0.6 is 0 Å². The summed E-state index contributed by atoms with van der Waals surface area (Å²) in [5.41, 5.74) is 7.00. The molecule has 0 radical (unpaired) electrons. The van der Waals surface area contributed by atoms with E-state index in [1.165, 1.54) is 7.11 Å². The molecule has 0 spiro atoms. The zero-order valence-electron chi connectivity index (χ0n) is 10.8. The second kappa shape index (κ2) is 6.16. The van der Waals surface area contributed by atoms with Gasteiger partial charge < -0.3 is 15.8 Å². The minimum absolute atomic E-state index is 0.215. The molecule has 3 N–H and O–H groups in total. The van der Waals surface area contributed by atoms with Gasteiger partial charge in [0, 0.05) is 12.5 Å². The highest BCUT2D eigenvalue weighted by Crippen LogP contribution is 2.21. The van der Waals surface area contributed by atoms with Crippen LogP contribution in [0.2, 0.25) is 0 Å². The van der Waals surface area contributed by atoms with Crippen molar-refractivity contribution in [2.24, 2.45) is 11.7 Å². The maximum atomic E-state index is 11.8. The number of carbonyl (C=O) groups is 2. The van der Waals surface area contributed by atoms with Crippen LogP contribution < -0.4 is 11.1 Å². The molecule has 1 amide bonds. The van der Waals surface area contributed by atoms with Crippen LogP contribution in [-0.2, 0) is 9.53 Å². The quantitative estimate of drug-likeness (QED) is 0.789. The maximum Gasteiger partial charge on any atom is 0.340 e. The van der Waals surface area contributed by atoms with Gasteiger partial charge >= 0.3 is 5.97 Å². The van der Waals surface area contributed by atoms with Crippen molar-refractivity contribution in [2.45, 2.75) is 13.8 Å². The van der Waals surface area contributed by atoms with Crippen molar-refractivity contribution in [2.75, 3.05) is 19.0 Å². The number of rotatable bonds is 4. The van der Waals surface area contributed by atoms with E-state index in [1.807, 2.05) is 0 Å². The molecular weight excluding hydrogens is 232 g/mol. The molecule has 5 heteroatoms. The van der Waals surface area contributed by atoms with E-state index in [-0.39, 0.29) is 18.4 Å². The van der Waals surface area contributed by atoms with Gasteiger partial charge in [-0.1, -0.05) is 19.1 Å². The van der Waals surface area contributed by atoms with Crippen LogP contribution in [0.25, 0.3) is 0 Å². The van der Waals surface area contributed by atoms with Crippen LogP contribution in [0.5, 0.6) is 0 Å². The number of methoxy groups -OCH3 is 1. The molecule has 98 valence electrons. The molecule has 0 aromatic heterocycles. The summed E-state index contributed by atoms with van der Waals surface area (Å²) in [6.45, 7) is 3.77. The van der Waals surface area contributed by atoms with Crippen LogP contribution in [0.3, 0.4) is 0 Å². The Kier molecular flexibility index (Phi) is 4.85. The predicted octanol–water partition coefficient (Wildman–Crippen LogP) is 1.31. The van der Waals surface area contributed by atoms with Gasteiger partial charge in [0.25, 0.3) is 0 Å². The van der Waals surface area contributed by atoms with E-state index in [4.69, 9.17) is 10.5 Å². The first-order valence-electron chi connectivity index (χ1n) is 5.70. The third-order valence-electron chi connectivity index (χ3n) is 2.72. The third-order valence-corrected chi connectivity index (χ3v) is 2.72. The van der Waals surface area contributed by atoms with Crippen molar-refractivity contribution >= 4 is 17.6 Å². The molecule has 18 heavy (non-hydrogen) atoms. The molecule has 0 saturated heterocycles. The van der Waals surface area contributed by atoms with Crippen LogP contribution in [0.1, 0.15) is 22.8 Å². The van der Waals surface area contributed by atoms with Gasteiger partial charge in [-0.25, -0.2) is 4.79 Å². The number of hydrogen-bond acceptors (Lipinski definition) is 4. The fourth-order valence-corrected chi connectivity index (χ4v) is 1.51. The van der Waals surface area contributed by atoms with Gasteiger partial charge in [0.2, 0.25) is 5.91 Å². The van der Waals surface area contributed by atoms with Gasteiger partial charge in [0.05, 0.1) is 18.4 Å². The number of anilines is 1. The number of esters is 1.